The highest BCUT2D eigenvalue weighted by atomic mass is 32.1. The Morgan fingerprint density at radius 3 is 2.62 bits per heavy atom. The molecule has 0 spiro atoms. The number of hydrogen-bond acceptors (Lipinski definition) is 5. The van der Waals surface area contributed by atoms with Crippen LogP contribution in [0, 0.1) is 0 Å². The molecule has 0 unspecified atom stereocenters. The lowest BCUT2D eigenvalue weighted by Gasteiger charge is -2.09. The summed E-state index contributed by atoms with van der Waals surface area (Å²) in [6.45, 7) is 0. The Hall–Kier alpha value is -2.40. The molecule has 24 heavy (non-hydrogen) atoms. The number of fused-ring (bicyclic) bond motifs is 1. The SMILES string of the molecule is COc1ccc(CCC(=O)Cc2nc3ccccc3s2)cc1OC. The van der Waals surface area contributed by atoms with Crippen molar-refractivity contribution in [3.05, 3.63) is 53.0 Å². The van der Waals surface area contributed by atoms with Crippen molar-refractivity contribution in [1.29, 1.82) is 0 Å². The van der Waals surface area contributed by atoms with Crippen molar-refractivity contribution in [2.45, 2.75) is 19.3 Å². The Bertz CT molecular complexity index is 824. The molecule has 0 bridgehead atoms. The summed E-state index contributed by atoms with van der Waals surface area (Å²) in [5.41, 5.74) is 2.02. The van der Waals surface area contributed by atoms with Crippen molar-refractivity contribution in [3.8, 4) is 11.5 Å². The smallest absolute Gasteiger partial charge is 0.160 e. The molecule has 0 aliphatic carbocycles. The van der Waals surface area contributed by atoms with Gasteiger partial charge in [-0.15, -0.1) is 11.3 Å². The first-order chi connectivity index (χ1) is 11.7. The molecule has 0 saturated heterocycles. The fourth-order valence-electron chi connectivity index (χ4n) is 2.57. The van der Waals surface area contributed by atoms with Gasteiger partial charge >= 0.3 is 0 Å². The van der Waals surface area contributed by atoms with E-state index in [9.17, 15) is 4.79 Å². The van der Waals surface area contributed by atoms with Gasteiger partial charge in [0.15, 0.2) is 11.5 Å². The van der Waals surface area contributed by atoms with E-state index in [1.54, 1.807) is 25.6 Å². The van der Waals surface area contributed by atoms with Crippen LogP contribution >= 0.6 is 11.3 Å². The van der Waals surface area contributed by atoms with Crippen LogP contribution in [0.1, 0.15) is 17.0 Å². The summed E-state index contributed by atoms with van der Waals surface area (Å²) in [4.78, 5) is 16.8. The molecule has 0 radical (unpaired) electrons. The molecule has 3 rings (SSSR count). The number of rotatable bonds is 7. The number of nitrogens with zero attached hydrogens (tertiary/aromatic N) is 1. The average Bonchev–Trinajstić information content (AvgIpc) is 3.01. The maximum absolute atomic E-state index is 12.3. The van der Waals surface area contributed by atoms with Crippen LogP contribution in [0.3, 0.4) is 0 Å². The fourth-order valence-corrected chi connectivity index (χ4v) is 3.57. The molecule has 4 nitrogen and oxygen atoms in total. The number of aryl methyl sites for hydroxylation is 1. The third-order valence-corrected chi connectivity index (χ3v) is 4.86. The van der Waals surface area contributed by atoms with E-state index in [-0.39, 0.29) is 5.78 Å². The number of carbonyl (C=O) groups excluding carboxylic acids is 1. The monoisotopic (exact) mass is 341 g/mol. The molecule has 2 aromatic carbocycles. The van der Waals surface area contributed by atoms with Gasteiger partial charge < -0.3 is 9.47 Å². The first kappa shape index (κ1) is 16.5. The van der Waals surface area contributed by atoms with Gasteiger partial charge in [-0.1, -0.05) is 18.2 Å². The van der Waals surface area contributed by atoms with Gasteiger partial charge in [0.05, 0.1) is 30.9 Å². The molecule has 0 saturated carbocycles. The van der Waals surface area contributed by atoms with Gasteiger partial charge in [0, 0.05) is 6.42 Å². The summed E-state index contributed by atoms with van der Waals surface area (Å²) in [6, 6.07) is 13.7. The van der Waals surface area contributed by atoms with E-state index < -0.39 is 0 Å². The number of methoxy groups -OCH3 is 2. The van der Waals surface area contributed by atoms with Gasteiger partial charge in [-0.25, -0.2) is 4.98 Å². The lowest BCUT2D eigenvalue weighted by Crippen LogP contribution is -2.04. The summed E-state index contributed by atoms with van der Waals surface area (Å²) in [7, 11) is 3.22. The largest absolute Gasteiger partial charge is 0.493 e. The van der Waals surface area contributed by atoms with Crippen LogP contribution in [0.5, 0.6) is 11.5 Å². The van der Waals surface area contributed by atoms with Crippen molar-refractivity contribution in [2.75, 3.05) is 14.2 Å². The van der Waals surface area contributed by atoms with Crippen LogP contribution in [0.25, 0.3) is 10.2 Å². The Morgan fingerprint density at radius 2 is 1.88 bits per heavy atom. The zero-order chi connectivity index (χ0) is 16.9. The second-order valence-electron chi connectivity index (χ2n) is 5.48. The zero-order valence-electron chi connectivity index (χ0n) is 13.7. The predicted molar refractivity (Wildman–Crippen MR) is 96.2 cm³/mol. The summed E-state index contributed by atoms with van der Waals surface area (Å²) < 4.78 is 11.6. The minimum absolute atomic E-state index is 0.198. The van der Waals surface area contributed by atoms with Gasteiger partial charge in [0.2, 0.25) is 0 Å². The fraction of sp³-hybridized carbons (Fsp3) is 0.263. The van der Waals surface area contributed by atoms with Crippen LogP contribution in [-0.4, -0.2) is 25.0 Å². The first-order valence-corrected chi connectivity index (χ1v) is 8.58. The number of para-hydroxylation sites is 1. The second-order valence-corrected chi connectivity index (χ2v) is 6.60. The number of carbonyl (C=O) groups is 1. The highest BCUT2D eigenvalue weighted by Gasteiger charge is 2.10. The zero-order valence-corrected chi connectivity index (χ0v) is 14.6. The van der Waals surface area contributed by atoms with Crippen molar-refractivity contribution in [2.24, 2.45) is 0 Å². The molecular formula is C19H19NO3S. The van der Waals surface area contributed by atoms with E-state index >= 15 is 0 Å². The van der Waals surface area contributed by atoms with Crippen molar-refractivity contribution in [3.63, 3.8) is 0 Å². The van der Waals surface area contributed by atoms with E-state index in [1.165, 1.54) is 0 Å². The van der Waals surface area contributed by atoms with Gasteiger partial charge in [0.25, 0.3) is 0 Å². The normalized spacial score (nSPS) is 10.8. The summed E-state index contributed by atoms with van der Waals surface area (Å²) >= 11 is 1.59. The van der Waals surface area contributed by atoms with Crippen LogP contribution in [0.4, 0.5) is 0 Å². The van der Waals surface area contributed by atoms with Crippen LogP contribution in [0.15, 0.2) is 42.5 Å². The summed E-state index contributed by atoms with van der Waals surface area (Å²) in [6.07, 6.45) is 1.57. The van der Waals surface area contributed by atoms with E-state index in [2.05, 4.69) is 4.98 Å². The van der Waals surface area contributed by atoms with Crippen LogP contribution in [0.2, 0.25) is 0 Å². The minimum atomic E-state index is 0.198. The standard InChI is InChI=1S/C19H19NO3S/c1-22-16-10-8-13(11-17(16)23-2)7-9-14(21)12-19-20-15-5-3-4-6-18(15)24-19/h3-6,8,10-11H,7,9,12H2,1-2H3. The highest BCUT2D eigenvalue weighted by Crippen LogP contribution is 2.28. The molecule has 1 heterocycles. The topological polar surface area (TPSA) is 48.4 Å². The molecule has 0 aliphatic heterocycles. The van der Waals surface area contributed by atoms with Crippen molar-refractivity contribution >= 4 is 27.3 Å². The lowest BCUT2D eigenvalue weighted by atomic mass is 10.1. The van der Waals surface area contributed by atoms with E-state index in [0.29, 0.717) is 30.8 Å². The third kappa shape index (κ3) is 3.74. The van der Waals surface area contributed by atoms with E-state index in [0.717, 1.165) is 20.8 Å². The van der Waals surface area contributed by atoms with Crippen LogP contribution < -0.4 is 9.47 Å². The average molecular weight is 341 g/mol. The highest BCUT2D eigenvalue weighted by molar-refractivity contribution is 7.18. The Balaban J connectivity index is 1.61. The molecule has 1 aromatic heterocycles. The lowest BCUT2D eigenvalue weighted by molar-refractivity contribution is -0.118. The molecule has 0 N–H and O–H groups in total. The number of hydrogen-bond donors (Lipinski definition) is 0. The molecule has 124 valence electrons. The molecule has 0 fully saturated rings. The first-order valence-electron chi connectivity index (χ1n) is 7.76. The van der Waals surface area contributed by atoms with E-state index in [1.807, 2.05) is 42.5 Å². The Kier molecular flexibility index (Phi) is 5.11. The van der Waals surface area contributed by atoms with Crippen molar-refractivity contribution < 1.29 is 14.3 Å². The predicted octanol–water partition coefficient (Wildman–Crippen LogP) is 4.06. The molecule has 3 aromatic rings. The Morgan fingerprint density at radius 1 is 1.08 bits per heavy atom. The number of thiazole rings is 1. The third-order valence-electron chi connectivity index (χ3n) is 3.83. The number of ether oxygens (including phenoxy) is 2. The maximum Gasteiger partial charge on any atom is 0.160 e. The number of Topliss-reactive ketones (excluding diaryl/α,β-unsaturated/α-hetero) is 1. The molecule has 0 amide bonds. The van der Waals surface area contributed by atoms with Gasteiger partial charge in [-0.05, 0) is 36.2 Å². The van der Waals surface area contributed by atoms with Crippen LogP contribution in [-0.2, 0) is 17.6 Å². The van der Waals surface area contributed by atoms with Gasteiger partial charge in [-0.2, -0.15) is 0 Å². The van der Waals surface area contributed by atoms with Crippen molar-refractivity contribution in [1.82, 2.24) is 4.98 Å². The van der Waals surface area contributed by atoms with Gasteiger partial charge in [-0.3, -0.25) is 4.79 Å². The molecule has 0 atom stereocenters. The van der Waals surface area contributed by atoms with Gasteiger partial charge in [0.1, 0.15) is 10.8 Å². The number of ketones is 1. The maximum atomic E-state index is 12.3. The molecule has 5 heteroatoms. The summed E-state index contributed by atoms with van der Waals surface area (Å²) in [5, 5.41) is 0.883. The van der Waals surface area contributed by atoms with E-state index in [4.69, 9.17) is 9.47 Å². The second kappa shape index (κ2) is 7.45. The Labute approximate surface area is 145 Å². The number of benzene rings is 2. The summed E-state index contributed by atoms with van der Waals surface area (Å²) in [5.74, 6) is 1.58. The molecular weight excluding hydrogens is 322 g/mol. The molecule has 0 aliphatic rings. The quantitative estimate of drug-likeness (QED) is 0.650. The number of aromatic nitrogens is 1. The minimum Gasteiger partial charge on any atom is -0.493 e.